The molecule has 1 fully saturated rings. The minimum absolute atomic E-state index is 0.399. The normalized spacial score (nSPS) is 21.0. The first-order valence-electron chi connectivity index (χ1n) is 4.52. The second-order valence-electron chi connectivity index (χ2n) is 3.36. The lowest BCUT2D eigenvalue weighted by Crippen LogP contribution is -1.89. The van der Waals surface area contributed by atoms with Crippen molar-refractivity contribution in [3.8, 4) is 0 Å². The number of hydrogen-bond acceptors (Lipinski definition) is 1. The molecule has 1 aromatic rings. The summed E-state index contributed by atoms with van der Waals surface area (Å²) in [6, 6.07) is 6.63. The van der Waals surface area contributed by atoms with E-state index in [4.69, 9.17) is 4.74 Å². The van der Waals surface area contributed by atoms with Crippen molar-refractivity contribution in [3.05, 3.63) is 34.9 Å². The third kappa shape index (κ3) is 1.37. The van der Waals surface area contributed by atoms with Gasteiger partial charge in [0.2, 0.25) is 0 Å². The lowest BCUT2D eigenvalue weighted by atomic mass is 10.0. The van der Waals surface area contributed by atoms with Crippen LogP contribution in [-0.4, -0.2) is 6.61 Å². The minimum Gasteiger partial charge on any atom is -0.368 e. The van der Waals surface area contributed by atoms with E-state index in [0.717, 1.165) is 13.0 Å². The fourth-order valence-corrected chi connectivity index (χ4v) is 1.51. The Morgan fingerprint density at radius 3 is 2.83 bits per heavy atom. The van der Waals surface area contributed by atoms with Gasteiger partial charge in [0.25, 0.3) is 0 Å². The van der Waals surface area contributed by atoms with E-state index in [1.165, 1.54) is 16.7 Å². The van der Waals surface area contributed by atoms with Gasteiger partial charge in [-0.05, 0) is 30.0 Å². The van der Waals surface area contributed by atoms with Gasteiger partial charge in [-0.3, -0.25) is 0 Å². The average molecular weight is 162 g/mol. The van der Waals surface area contributed by atoms with Crippen molar-refractivity contribution in [1.29, 1.82) is 0 Å². The summed E-state index contributed by atoms with van der Waals surface area (Å²) in [7, 11) is 0. The number of benzene rings is 1. The highest BCUT2D eigenvalue weighted by Gasteiger charge is 2.24. The number of epoxide rings is 1. The van der Waals surface area contributed by atoms with E-state index in [9.17, 15) is 0 Å². The SMILES string of the molecule is CCc1cc([C@@H]2CO2)ccc1C. The summed E-state index contributed by atoms with van der Waals surface area (Å²) >= 11 is 0. The summed E-state index contributed by atoms with van der Waals surface area (Å²) in [6.45, 7) is 5.27. The minimum atomic E-state index is 0.399. The molecule has 1 aliphatic rings. The molecule has 0 bridgehead atoms. The number of rotatable bonds is 2. The quantitative estimate of drug-likeness (QED) is 0.609. The molecule has 12 heavy (non-hydrogen) atoms. The largest absolute Gasteiger partial charge is 0.368 e. The zero-order valence-corrected chi connectivity index (χ0v) is 7.63. The molecule has 1 aliphatic heterocycles. The monoisotopic (exact) mass is 162 g/mol. The summed E-state index contributed by atoms with van der Waals surface area (Å²) in [4.78, 5) is 0. The van der Waals surface area contributed by atoms with Gasteiger partial charge in [-0.2, -0.15) is 0 Å². The van der Waals surface area contributed by atoms with Crippen LogP contribution in [0.15, 0.2) is 18.2 Å². The van der Waals surface area contributed by atoms with E-state index in [1.54, 1.807) is 0 Å². The van der Waals surface area contributed by atoms with Crippen molar-refractivity contribution >= 4 is 0 Å². The van der Waals surface area contributed by atoms with E-state index < -0.39 is 0 Å². The molecule has 0 radical (unpaired) electrons. The van der Waals surface area contributed by atoms with Crippen molar-refractivity contribution in [2.45, 2.75) is 26.4 Å². The molecule has 64 valence electrons. The average Bonchev–Trinajstić information content (AvgIpc) is 2.88. The Kier molecular flexibility index (Phi) is 1.89. The van der Waals surface area contributed by atoms with Gasteiger partial charge in [-0.1, -0.05) is 25.1 Å². The second-order valence-corrected chi connectivity index (χ2v) is 3.36. The molecule has 1 atom stereocenters. The van der Waals surface area contributed by atoms with Gasteiger partial charge >= 0.3 is 0 Å². The van der Waals surface area contributed by atoms with Gasteiger partial charge in [0.15, 0.2) is 0 Å². The zero-order chi connectivity index (χ0) is 8.55. The Morgan fingerprint density at radius 2 is 2.25 bits per heavy atom. The third-order valence-electron chi connectivity index (χ3n) is 2.46. The summed E-state index contributed by atoms with van der Waals surface area (Å²) in [6.07, 6.45) is 1.52. The smallest absolute Gasteiger partial charge is 0.106 e. The first-order valence-corrected chi connectivity index (χ1v) is 4.52. The highest BCUT2D eigenvalue weighted by Crippen LogP contribution is 2.30. The fraction of sp³-hybridized carbons (Fsp3) is 0.455. The molecular formula is C11H14O. The molecule has 1 heteroatoms. The predicted molar refractivity (Wildman–Crippen MR) is 49.3 cm³/mol. The van der Waals surface area contributed by atoms with Crippen LogP contribution < -0.4 is 0 Å². The van der Waals surface area contributed by atoms with Crippen molar-refractivity contribution in [3.63, 3.8) is 0 Å². The molecular weight excluding hydrogens is 148 g/mol. The number of ether oxygens (including phenoxy) is 1. The molecule has 0 spiro atoms. The van der Waals surface area contributed by atoms with Crippen molar-refractivity contribution < 1.29 is 4.74 Å². The Balaban J connectivity index is 2.33. The maximum atomic E-state index is 5.23. The van der Waals surface area contributed by atoms with Crippen molar-refractivity contribution in [2.24, 2.45) is 0 Å². The van der Waals surface area contributed by atoms with Crippen LogP contribution in [0.2, 0.25) is 0 Å². The fourth-order valence-electron chi connectivity index (χ4n) is 1.51. The number of hydrogen-bond donors (Lipinski definition) is 0. The van der Waals surface area contributed by atoms with Crippen LogP contribution in [0.4, 0.5) is 0 Å². The Hall–Kier alpha value is -0.820. The topological polar surface area (TPSA) is 12.5 Å². The maximum Gasteiger partial charge on any atom is 0.106 e. The molecule has 0 saturated carbocycles. The molecule has 1 heterocycles. The van der Waals surface area contributed by atoms with Crippen molar-refractivity contribution in [2.75, 3.05) is 6.61 Å². The molecule has 2 rings (SSSR count). The van der Waals surface area contributed by atoms with Gasteiger partial charge in [-0.15, -0.1) is 0 Å². The van der Waals surface area contributed by atoms with Crippen molar-refractivity contribution in [1.82, 2.24) is 0 Å². The van der Waals surface area contributed by atoms with Gasteiger partial charge in [0.1, 0.15) is 6.10 Å². The molecule has 1 saturated heterocycles. The van der Waals surface area contributed by atoms with E-state index in [1.807, 2.05) is 0 Å². The van der Waals surface area contributed by atoms with Gasteiger partial charge in [0.05, 0.1) is 6.61 Å². The van der Waals surface area contributed by atoms with Crippen LogP contribution >= 0.6 is 0 Å². The van der Waals surface area contributed by atoms with E-state index in [0.29, 0.717) is 6.10 Å². The lowest BCUT2D eigenvalue weighted by Gasteiger charge is -2.04. The number of aryl methyl sites for hydroxylation is 2. The second kappa shape index (κ2) is 2.91. The first-order chi connectivity index (χ1) is 5.81. The van der Waals surface area contributed by atoms with Crippen LogP contribution in [0.3, 0.4) is 0 Å². The Labute approximate surface area is 73.4 Å². The lowest BCUT2D eigenvalue weighted by molar-refractivity contribution is 0.415. The molecule has 0 N–H and O–H groups in total. The van der Waals surface area contributed by atoms with E-state index in [2.05, 4.69) is 32.0 Å². The first kappa shape index (κ1) is 7.81. The molecule has 0 amide bonds. The summed E-state index contributed by atoms with van der Waals surface area (Å²) in [5.41, 5.74) is 4.18. The maximum absolute atomic E-state index is 5.23. The van der Waals surface area contributed by atoms with Crippen LogP contribution in [0.25, 0.3) is 0 Å². The van der Waals surface area contributed by atoms with Gasteiger partial charge < -0.3 is 4.74 Å². The molecule has 0 aliphatic carbocycles. The highest BCUT2D eigenvalue weighted by molar-refractivity contribution is 5.33. The summed E-state index contributed by atoms with van der Waals surface area (Å²) in [5, 5.41) is 0. The standard InChI is InChI=1S/C11H14O/c1-3-9-6-10(11-7-12-11)5-4-8(9)2/h4-6,11H,3,7H2,1-2H3/t11-/m0/s1. The third-order valence-corrected chi connectivity index (χ3v) is 2.46. The summed E-state index contributed by atoms with van der Waals surface area (Å²) < 4.78 is 5.23. The summed E-state index contributed by atoms with van der Waals surface area (Å²) in [5.74, 6) is 0. The Bertz CT molecular complexity index is 287. The highest BCUT2D eigenvalue weighted by atomic mass is 16.6. The van der Waals surface area contributed by atoms with Gasteiger partial charge in [0, 0.05) is 0 Å². The zero-order valence-electron chi connectivity index (χ0n) is 7.63. The Morgan fingerprint density at radius 1 is 1.50 bits per heavy atom. The van der Waals surface area contributed by atoms with Crippen LogP contribution in [0.5, 0.6) is 0 Å². The molecule has 1 aromatic carbocycles. The molecule has 0 unspecified atom stereocenters. The van der Waals surface area contributed by atoms with E-state index >= 15 is 0 Å². The van der Waals surface area contributed by atoms with Crippen LogP contribution in [-0.2, 0) is 11.2 Å². The molecule has 1 nitrogen and oxygen atoms in total. The van der Waals surface area contributed by atoms with E-state index in [-0.39, 0.29) is 0 Å². The van der Waals surface area contributed by atoms with Crippen LogP contribution in [0.1, 0.15) is 29.7 Å². The van der Waals surface area contributed by atoms with Crippen LogP contribution in [0, 0.1) is 6.92 Å². The predicted octanol–water partition coefficient (Wildman–Crippen LogP) is 2.63. The molecule has 0 aromatic heterocycles. The van der Waals surface area contributed by atoms with Gasteiger partial charge in [-0.25, -0.2) is 0 Å².